The van der Waals surface area contributed by atoms with E-state index in [1.807, 2.05) is 21.1 Å². The minimum Gasteiger partial charge on any atom is -0.756 e. The zero-order valence-corrected chi connectivity index (χ0v) is 63.9. The Morgan fingerprint density at radius 2 is 0.594 bits per heavy atom. The summed E-state index contributed by atoms with van der Waals surface area (Å²) in [6.45, 7) is 4.15. The van der Waals surface area contributed by atoms with Crippen LogP contribution in [0.1, 0.15) is 348 Å². The number of carbonyl (C=O) groups excluding carboxylic acids is 2. The van der Waals surface area contributed by atoms with Crippen LogP contribution in [-0.4, -0.2) is 70.0 Å². The Hall–Kier alpha value is -3.85. The fraction of sp³-hybridized carbons (Fsp3) is 0.721. The van der Waals surface area contributed by atoms with Gasteiger partial charge < -0.3 is 27.9 Å². The molecule has 2 unspecified atom stereocenters. The normalized spacial score (nSPS) is 13.8. The summed E-state index contributed by atoms with van der Waals surface area (Å²) in [6, 6.07) is 0. The number of hydrogen-bond donors (Lipinski definition) is 0. The second-order valence-corrected chi connectivity index (χ2v) is 29.1. The Morgan fingerprint density at radius 1 is 0.333 bits per heavy atom. The molecule has 0 bridgehead atoms. The van der Waals surface area contributed by atoms with E-state index in [2.05, 4.69) is 148 Å². The van der Waals surface area contributed by atoms with Crippen molar-refractivity contribution in [3.8, 4) is 0 Å². The van der Waals surface area contributed by atoms with E-state index in [0.717, 1.165) is 103 Å². The lowest BCUT2D eigenvalue weighted by molar-refractivity contribution is -0.870. The third-order valence-electron chi connectivity index (χ3n) is 17.2. The van der Waals surface area contributed by atoms with Crippen molar-refractivity contribution in [2.24, 2.45) is 0 Å². The zero-order valence-electron chi connectivity index (χ0n) is 63.0. The summed E-state index contributed by atoms with van der Waals surface area (Å²) in [7, 11) is 1.17. The molecule has 96 heavy (non-hydrogen) atoms. The molecule has 0 aromatic heterocycles. The van der Waals surface area contributed by atoms with Gasteiger partial charge in [0.05, 0.1) is 27.7 Å². The van der Waals surface area contributed by atoms with Crippen molar-refractivity contribution in [3.05, 3.63) is 134 Å². The van der Waals surface area contributed by atoms with Crippen molar-refractivity contribution in [3.63, 3.8) is 0 Å². The van der Waals surface area contributed by atoms with Crippen molar-refractivity contribution in [2.75, 3.05) is 47.5 Å². The molecule has 0 saturated carbocycles. The molecule has 0 heterocycles. The van der Waals surface area contributed by atoms with Crippen LogP contribution in [0.4, 0.5) is 0 Å². The number of nitrogens with zero attached hydrogens (tertiary/aromatic N) is 1. The van der Waals surface area contributed by atoms with Crippen LogP contribution in [0, 0.1) is 0 Å². The minimum absolute atomic E-state index is 0.0342. The molecule has 10 heteroatoms. The molecule has 552 valence electrons. The van der Waals surface area contributed by atoms with Crippen LogP contribution in [0.2, 0.25) is 0 Å². The molecular formula is C86H150NO8P. The summed E-state index contributed by atoms with van der Waals surface area (Å²) in [5.41, 5.74) is 0. The van der Waals surface area contributed by atoms with E-state index < -0.39 is 26.5 Å². The van der Waals surface area contributed by atoms with Gasteiger partial charge in [-0.2, -0.15) is 0 Å². The van der Waals surface area contributed by atoms with Gasteiger partial charge in [-0.3, -0.25) is 14.2 Å². The van der Waals surface area contributed by atoms with E-state index in [1.54, 1.807) is 0 Å². The number of esters is 2. The lowest BCUT2D eigenvalue weighted by Gasteiger charge is -2.28. The Morgan fingerprint density at radius 3 is 0.885 bits per heavy atom. The molecule has 0 aliphatic rings. The molecular weight excluding hydrogens is 1210 g/mol. The number of unbranched alkanes of at least 4 members (excludes halogenated alkanes) is 37. The zero-order chi connectivity index (χ0) is 69.7. The summed E-state index contributed by atoms with van der Waals surface area (Å²) in [5, 5.41) is 0. The molecule has 0 amide bonds. The third-order valence-corrected chi connectivity index (χ3v) is 18.1. The first kappa shape index (κ1) is 92.2. The SMILES string of the molecule is CC/C=C\C/C=C\C/C=C\C/C=C\C/C=C\C/C=C\C/C=C\C/C=C\C/C=C\CCCCCCCCCCCCCCCC(=O)OC(COC(=O)CCCCCCCCCCCCCCCCCCCCC/C=C\C/C=C\CCCCCCC)COP(=O)([O-])OCC[N+](C)(C)C. The van der Waals surface area contributed by atoms with Gasteiger partial charge in [-0.05, 0) is 116 Å². The van der Waals surface area contributed by atoms with Crippen LogP contribution in [0.3, 0.4) is 0 Å². The maximum absolute atomic E-state index is 12.9. The van der Waals surface area contributed by atoms with E-state index in [0.29, 0.717) is 17.4 Å². The number of phosphoric ester groups is 1. The Bertz CT molecular complexity index is 2090. The summed E-state index contributed by atoms with van der Waals surface area (Å²) >= 11 is 0. The third kappa shape index (κ3) is 79.1. The van der Waals surface area contributed by atoms with Crippen LogP contribution in [-0.2, 0) is 32.7 Å². The van der Waals surface area contributed by atoms with Crippen molar-refractivity contribution >= 4 is 19.8 Å². The average Bonchev–Trinajstić information content (AvgIpc) is 2.54. The predicted molar refractivity (Wildman–Crippen MR) is 415 cm³/mol. The number of phosphoric acid groups is 1. The highest BCUT2D eigenvalue weighted by Crippen LogP contribution is 2.38. The summed E-state index contributed by atoms with van der Waals surface area (Å²) in [4.78, 5) is 38.2. The molecule has 0 radical (unpaired) electrons. The Kier molecular flexibility index (Phi) is 72.3. The summed E-state index contributed by atoms with van der Waals surface area (Å²) < 4.78 is 34.4. The Balaban J connectivity index is 4.00. The van der Waals surface area contributed by atoms with Crippen LogP contribution < -0.4 is 4.89 Å². The topological polar surface area (TPSA) is 111 Å². The maximum Gasteiger partial charge on any atom is 0.306 e. The molecule has 9 nitrogen and oxygen atoms in total. The quantitative estimate of drug-likeness (QED) is 0.0195. The second-order valence-electron chi connectivity index (χ2n) is 27.7. The molecule has 0 aliphatic carbocycles. The molecule has 0 N–H and O–H groups in total. The van der Waals surface area contributed by atoms with E-state index in [1.165, 1.54) is 212 Å². The minimum atomic E-state index is -4.65. The fourth-order valence-electron chi connectivity index (χ4n) is 11.1. The molecule has 2 atom stereocenters. The van der Waals surface area contributed by atoms with E-state index >= 15 is 0 Å². The largest absolute Gasteiger partial charge is 0.756 e. The molecule has 0 saturated heterocycles. The van der Waals surface area contributed by atoms with Gasteiger partial charge in [0.1, 0.15) is 19.8 Å². The van der Waals surface area contributed by atoms with Crippen molar-refractivity contribution in [1.82, 2.24) is 0 Å². The van der Waals surface area contributed by atoms with Crippen molar-refractivity contribution in [1.29, 1.82) is 0 Å². The molecule has 0 fully saturated rings. The smallest absolute Gasteiger partial charge is 0.306 e. The van der Waals surface area contributed by atoms with Gasteiger partial charge in [-0.15, -0.1) is 0 Å². The van der Waals surface area contributed by atoms with Gasteiger partial charge in [0.15, 0.2) is 6.10 Å². The highest BCUT2D eigenvalue weighted by molar-refractivity contribution is 7.45. The maximum atomic E-state index is 12.9. The molecule has 0 aromatic rings. The first-order valence-electron chi connectivity index (χ1n) is 39.9. The first-order chi connectivity index (χ1) is 47.0. The van der Waals surface area contributed by atoms with Crippen LogP contribution in [0.25, 0.3) is 0 Å². The second kappa shape index (κ2) is 75.4. The number of ether oxygens (including phenoxy) is 2. The molecule has 0 aliphatic heterocycles. The highest BCUT2D eigenvalue weighted by Gasteiger charge is 2.22. The van der Waals surface area contributed by atoms with E-state index in [-0.39, 0.29) is 32.0 Å². The number of likely N-dealkylation sites (N-methyl/N-ethyl adjacent to an activating group) is 1. The summed E-state index contributed by atoms with van der Waals surface area (Å²) in [6.07, 6.45) is 110. The average molecular weight is 1360 g/mol. The van der Waals surface area contributed by atoms with Gasteiger partial charge in [-0.1, -0.05) is 353 Å². The summed E-state index contributed by atoms with van der Waals surface area (Å²) in [5.74, 6) is -0.826. The first-order valence-corrected chi connectivity index (χ1v) is 41.4. The van der Waals surface area contributed by atoms with Gasteiger partial charge in [0.2, 0.25) is 0 Å². The molecule has 0 rings (SSSR count). The number of rotatable bonds is 73. The van der Waals surface area contributed by atoms with Crippen LogP contribution >= 0.6 is 7.82 Å². The standard InChI is InChI=1S/C86H150NO8P/c1-6-8-10-12-14-16-18-20-22-24-26-28-30-32-34-36-38-39-40-41-42-43-44-45-46-47-49-51-53-55-57-59-61-63-65-67-69-71-73-75-77-79-86(89)95-84(83-94-96(90,91)93-81-80-87(3,4)5)82-92-85(88)78-76-74-72-70-68-66-64-62-60-58-56-54-52-50-48-37-35-33-31-29-27-25-23-21-19-17-15-13-11-9-7-2/h8,10,14,16,19-22,25-28,32,34,38-39,41-42,44-45,47,49,84H,6-7,9,11-13,15,17-18,23-24,29-31,33,35-37,40,43,46,48,50-83H2,1-5H3/b10-8-,16-14-,21-19-,22-20-,27-25-,28-26-,34-32-,39-38-,42-41-,45-44-,49-47-. The predicted octanol–water partition coefficient (Wildman–Crippen LogP) is 26.1. The van der Waals surface area contributed by atoms with Crippen LogP contribution in [0.15, 0.2) is 134 Å². The lowest BCUT2D eigenvalue weighted by atomic mass is 10.0. The van der Waals surface area contributed by atoms with Crippen molar-refractivity contribution in [2.45, 2.75) is 354 Å². The molecule has 0 aromatic carbocycles. The van der Waals surface area contributed by atoms with Gasteiger partial charge in [0.25, 0.3) is 7.82 Å². The Labute approximate surface area is 593 Å². The van der Waals surface area contributed by atoms with E-state index in [4.69, 9.17) is 18.5 Å². The number of hydrogen-bond acceptors (Lipinski definition) is 8. The lowest BCUT2D eigenvalue weighted by Crippen LogP contribution is -2.37. The van der Waals surface area contributed by atoms with Crippen LogP contribution in [0.5, 0.6) is 0 Å². The number of allylic oxidation sites excluding steroid dienone is 22. The van der Waals surface area contributed by atoms with Gasteiger partial charge in [-0.25, -0.2) is 0 Å². The number of quaternary nitrogens is 1. The monoisotopic (exact) mass is 1360 g/mol. The fourth-order valence-corrected chi connectivity index (χ4v) is 11.8. The van der Waals surface area contributed by atoms with E-state index in [9.17, 15) is 19.0 Å². The van der Waals surface area contributed by atoms with Crippen molar-refractivity contribution < 1.29 is 42.1 Å². The number of carbonyl (C=O) groups is 2. The van der Waals surface area contributed by atoms with Gasteiger partial charge >= 0.3 is 11.9 Å². The van der Waals surface area contributed by atoms with Gasteiger partial charge in [0, 0.05) is 12.8 Å². The molecule has 0 spiro atoms. The highest BCUT2D eigenvalue weighted by atomic mass is 31.2.